The first kappa shape index (κ1) is 18.8. The normalized spacial score (nSPS) is 10.9. The van der Waals surface area contributed by atoms with Crippen LogP contribution in [0.1, 0.15) is 27.3 Å². The molecular formula is C19H17N5O4. The van der Waals surface area contributed by atoms with Gasteiger partial charge in [0, 0.05) is 19.1 Å². The number of carbonyl (C=O) groups is 1. The van der Waals surface area contributed by atoms with Crippen molar-refractivity contribution in [1.29, 1.82) is 0 Å². The van der Waals surface area contributed by atoms with E-state index in [1.54, 1.807) is 11.5 Å². The molecule has 0 aliphatic rings. The predicted octanol–water partition coefficient (Wildman–Crippen LogP) is 2.15. The number of benzene rings is 2. The van der Waals surface area contributed by atoms with Crippen molar-refractivity contribution in [2.75, 3.05) is 0 Å². The van der Waals surface area contributed by atoms with Gasteiger partial charge in [0.2, 0.25) is 12.0 Å². The van der Waals surface area contributed by atoms with Crippen molar-refractivity contribution in [2.24, 2.45) is 5.10 Å². The summed E-state index contributed by atoms with van der Waals surface area (Å²) in [6.07, 6.45) is 2.66. The third-order valence-electron chi connectivity index (χ3n) is 4.13. The van der Waals surface area contributed by atoms with E-state index in [0.29, 0.717) is 22.5 Å². The summed E-state index contributed by atoms with van der Waals surface area (Å²) in [7, 11) is 0. The van der Waals surface area contributed by atoms with Gasteiger partial charge in [0.05, 0.1) is 11.1 Å². The number of hydrazone groups is 1. The maximum Gasteiger partial charge on any atom is 0.315 e. The molecule has 0 spiro atoms. The van der Waals surface area contributed by atoms with Crippen molar-refractivity contribution in [3.63, 3.8) is 0 Å². The van der Waals surface area contributed by atoms with Crippen LogP contribution in [0.3, 0.4) is 0 Å². The van der Waals surface area contributed by atoms with Gasteiger partial charge in [-0.05, 0) is 23.3 Å². The third-order valence-corrected chi connectivity index (χ3v) is 4.13. The maximum absolute atomic E-state index is 12.3. The van der Waals surface area contributed by atoms with Gasteiger partial charge >= 0.3 is 5.91 Å². The molecular weight excluding hydrogens is 362 g/mol. The highest BCUT2D eigenvalue weighted by Crippen LogP contribution is 2.11. The number of imidazole rings is 1. The molecule has 3 aromatic rings. The number of hydrogen-bond donors (Lipinski definition) is 1. The second-order valence-electron chi connectivity index (χ2n) is 6.04. The van der Waals surface area contributed by atoms with Crippen LogP contribution in [0.25, 0.3) is 0 Å². The lowest BCUT2D eigenvalue weighted by Crippen LogP contribution is -2.36. The van der Waals surface area contributed by atoms with Crippen molar-refractivity contribution >= 4 is 17.8 Å². The predicted molar refractivity (Wildman–Crippen MR) is 102 cm³/mol. The lowest BCUT2D eigenvalue weighted by Gasteiger charge is -2.02. The lowest BCUT2D eigenvalue weighted by atomic mass is 10.2. The zero-order valence-corrected chi connectivity index (χ0v) is 15.0. The van der Waals surface area contributed by atoms with Crippen molar-refractivity contribution in [1.82, 2.24) is 9.99 Å². The van der Waals surface area contributed by atoms with Crippen LogP contribution in [0, 0.1) is 22.2 Å². The highest BCUT2D eigenvalue weighted by atomic mass is 16.6. The minimum atomic E-state index is -0.641. The fraction of sp³-hybridized carbons (Fsp3) is 0.105. The molecule has 0 fully saturated rings. The zero-order valence-electron chi connectivity index (χ0n) is 15.0. The van der Waals surface area contributed by atoms with Crippen molar-refractivity contribution in [3.8, 4) is 0 Å². The topological polar surface area (TPSA) is 116 Å². The molecule has 0 aliphatic carbocycles. The Bertz CT molecular complexity index is 1030. The third kappa shape index (κ3) is 4.21. The van der Waals surface area contributed by atoms with Crippen LogP contribution in [-0.4, -0.2) is 21.6 Å². The molecule has 1 amide bonds. The molecule has 9 nitrogen and oxygen atoms in total. The summed E-state index contributed by atoms with van der Waals surface area (Å²) in [5, 5.41) is 26.6. The number of aromatic nitrogens is 2. The van der Waals surface area contributed by atoms with Crippen LogP contribution in [-0.2, 0) is 6.54 Å². The van der Waals surface area contributed by atoms with Gasteiger partial charge in [0.1, 0.15) is 6.54 Å². The van der Waals surface area contributed by atoms with Crippen LogP contribution in [0.2, 0.25) is 0 Å². The molecule has 3 rings (SSSR count). The number of nitrogens with one attached hydrogen (secondary N) is 1. The first-order chi connectivity index (χ1) is 13.5. The number of carbonyl (C=O) groups excluding carboxylic acids is 1. The number of nitro benzene ring substituents is 1. The molecule has 0 radical (unpaired) electrons. The van der Waals surface area contributed by atoms with E-state index >= 15 is 0 Å². The zero-order chi connectivity index (χ0) is 20.1. The Balaban J connectivity index is 1.69. The fourth-order valence-corrected chi connectivity index (χ4v) is 2.67. The molecule has 1 aromatic heterocycles. The molecule has 0 saturated carbocycles. The molecule has 142 valence electrons. The summed E-state index contributed by atoms with van der Waals surface area (Å²) in [4.78, 5) is 22.5. The van der Waals surface area contributed by atoms with E-state index in [9.17, 15) is 20.1 Å². The van der Waals surface area contributed by atoms with Gasteiger partial charge in [-0.25, -0.2) is 14.7 Å². The Morgan fingerprint density at radius 3 is 2.54 bits per heavy atom. The molecule has 0 bridgehead atoms. The summed E-state index contributed by atoms with van der Waals surface area (Å²) in [6.45, 7) is 2.15. The van der Waals surface area contributed by atoms with Crippen LogP contribution in [0.5, 0.6) is 0 Å². The molecule has 9 heteroatoms. The molecule has 0 atom stereocenters. The van der Waals surface area contributed by atoms with Crippen LogP contribution >= 0.6 is 0 Å². The van der Waals surface area contributed by atoms with E-state index in [-0.39, 0.29) is 11.4 Å². The van der Waals surface area contributed by atoms with Gasteiger partial charge in [0.25, 0.3) is 5.69 Å². The monoisotopic (exact) mass is 379 g/mol. The molecule has 2 aromatic carbocycles. The molecule has 0 unspecified atom stereocenters. The largest absolute Gasteiger partial charge is 0.710 e. The lowest BCUT2D eigenvalue weighted by molar-refractivity contribution is -0.607. The Morgan fingerprint density at radius 2 is 1.89 bits per heavy atom. The van der Waals surface area contributed by atoms with Crippen molar-refractivity contribution < 1.29 is 14.4 Å². The molecule has 0 saturated heterocycles. The second-order valence-corrected chi connectivity index (χ2v) is 6.04. The molecule has 1 N–H and O–H groups in total. The standard InChI is InChI=1S/C19H17N5O4/c1-14-18(23(26)13-22(14)12-16-5-3-2-4-6-16)19(25)21-20-11-15-7-9-17(10-8-15)24(27)28/h2-11,13H,12H2,1H3,(H,21,25)/b20-11+. The molecule has 28 heavy (non-hydrogen) atoms. The molecule has 1 heterocycles. The van der Waals surface area contributed by atoms with E-state index in [1.165, 1.54) is 36.8 Å². The maximum atomic E-state index is 12.3. The quantitative estimate of drug-likeness (QED) is 0.232. The number of hydrogen-bond acceptors (Lipinski definition) is 5. The minimum absolute atomic E-state index is 0.0380. The van der Waals surface area contributed by atoms with E-state index < -0.39 is 10.8 Å². The Hall–Kier alpha value is -4.01. The average molecular weight is 379 g/mol. The SMILES string of the molecule is Cc1c(C(=O)N/N=C/c2ccc([N+](=O)[O-])cc2)[n+]([O-])cn1Cc1ccccc1. The highest BCUT2D eigenvalue weighted by molar-refractivity contribution is 5.92. The minimum Gasteiger partial charge on any atom is -0.710 e. The number of nitro groups is 1. The highest BCUT2D eigenvalue weighted by Gasteiger charge is 2.23. The Morgan fingerprint density at radius 1 is 1.21 bits per heavy atom. The van der Waals surface area contributed by atoms with Crippen LogP contribution < -0.4 is 10.2 Å². The summed E-state index contributed by atoms with van der Waals surface area (Å²) < 4.78 is 2.20. The number of rotatable bonds is 6. The van der Waals surface area contributed by atoms with Gasteiger partial charge in [-0.1, -0.05) is 30.3 Å². The van der Waals surface area contributed by atoms with E-state index in [2.05, 4.69) is 10.5 Å². The van der Waals surface area contributed by atoms with Gasteiger partial charge in [-0.3, -0.25) is 14.9 Å². The number of non-ortho nitro benzene ring substituents is 1. The Kier molecular flexibility index (Phi) is 5.45. The number of nitrogens with zero attached hydrogens (tertiary/aromatic N) is 4. The van der Waals surface area contributed by atoms with Crippen LogP contribution in [0.15, 0.2) is 66.0 Å². The van der Waals surface area contributed by atoms with Gasteiger partial charge in [-0.15, -0.1) is 0 Å². The molecule has 0 aliphatic heterocycles. The summed E-state index contributed by atoms with van der Waals surface area (Å²) in [5.41, 5.74) is 4.31. The van der Waals surface area contributed by atoms with Gasteiger partial charge < -0.3 is 5.21 Å². The van der Waals surface area contributed by atoms with Gasteiger partial charge in [-0.2, -0.15) is 5.10 Å². The fourth-order valence-electron chi connectivity index (χ4n) is 2.67. The smallest absolute Gasteiger partial charge is 0.315 e. The van der Waals surface area contributed by atoms with E-state index in [0.717, 1.165) is 5.56 Å². The van der Waals surface area contributed by atoms with Crippen LogP contribution in [0.4, 0.5) is 5.69 Å². The summed E-state index contributed by atoms with van der Waals surface area (Å²) >= 11 is 0. The average Bonchev–Trinajstić information content (AvgIpc) is 2.96. The summed E-state index contributed by atoms with van der Waals surface area (Å²) in [6, 6.07) is 15.3. The van der Waals surface area contributed by atoms with Crippen molar-refractivity contribution in [3.05, 3.63) is 98.8 Å². The van der Waals surface area contributed by atoms with Crippen molar-refractivity contribution in [2.45, 2.75) is 13.5 Å². The van der Waals surface area contributed by atoms with Gasteiger partial charge in [0.15, 0.2) is 5.69 Å². The number of amides is 1. The van der Waals surface area contributed by atoms with E-state index in [4.69, 9.17) is 0 Å². The first-order valence-electron chi connectivity index (χ1n) is 8.36. The summed E-state index contributed by atoms with van der Waals surface area (Å²) in [5.74, 6) is -0.641. The van der Waals surface area contributed by atoms with E-state index in [1.807, 2.05) is 30.3 Å². The first-order valence-corrected chi connectivity index (χ1v) is 8.36. The second kappa shape index (κ2) is 8.12. The Labute approximate surface area is 160 Å².